The number of rotatable bonds is 5. The summed E-state index contributed by atoms with van der Waals surface area (Å²) < 4.78 is 5.63. The molecule has 1 saturated heterocycles. The zero-order chi connectivity index (χ0) is 14.8. The normalized spacial score (nSPS) is 38.4. The van der Waals surface area contributed by atoms with Crippen LogP contribution in [0.1, 0.15) is 51.4 Å². The summed E-state index contributed by atoms with van der Waals surface area (Å²) in [6, 6.07) is -0.152. The lowest BCUT2D eigenvalue weighted by Gasteiger charge is -2.29. The highest BCUT2D eigenvalue weighted by atomic mass is 16.5. The molecular formula is C16H25NO4. The number of carboxylic acids is 1. The van der Waals surface area contributed by atoms with Gasteiger partial charge in [0, 0.05) is 19.1 Å². The van der Waals surface area contributed by atoms with Crippen molar-refractivity contribution in [1.82, 2.24) is 5.32 Å². The van der Waals surface area contributed by atoms with Crippen LogP contribution in [0, 0.1) is 17.8 Å². The van der Waals surface area contributed by atoms with Crippen LogP contribution in [-0.4, -0.2) is 35.7 Å². The van der Waals surface area contributed by atoms with Crippen LogP contribution >= 0.6 is 0 Å². The zero-order valence-electron chi connectivity index (χ0n) is 12.4. The van der Waals surface area contributed by atoms with E-state index in [9.17, 15) is 14.7 Å². The Morgan fingerprint density at radius 2 is 1.95 bits per heavy atom. The van der Waals surface area contributed by atoms with E-state index in [0.29, 0.717) is 12.3 Å². The molecule has 0 aromatic carbocycles. The highest BCUT2D eigenvalue weighted by Crippen LogP contribution is 2.48. The molecule has 5 unspecified atom stereocenters. The highest BCUT2D eigenvalue weighted by Gasteiger charge is 2.51. The largest absolute Gasteiger partial charge is 0.481 e. The highest BCUT2D eigenvalue weighted by molar-refractivity contribution is 5.78. The molecule has 2 aliphatic carbocycles. The first-order valence-corrected chi connectivity index (χ1v) is 8.29. The van der Waals surface area contributed by atoms with Gasteiger partial charge < -0.3 is 15.2 Å². The van der Waals surface area contributed by atoms with Crippen molar-refractivity contribution in [3.63, 3.8) is 0 Å². The number of ether oxygens (including phenoxy) is 1. The average molecular weight is 295 g/mol. The molecule has 5 nitrogen and oxygen atoms in total. The van der Waals surface area contributed by atoms with Gasteiger partial charge in [-0.3, -0.25) is 9.59 Å². The standard InChI is InChI=1S/C16H25NO4/c18-13(7-6-12-3-1-2-8-21-12)17-15-11-5-4-10(9-11)14(15)16(19)20/h10-12,14-15H,1-9H2,(H,17,18)(H,19,20). The van der Waals surface area contributed by atoms with Crippen LogP contribution in [0.25, 0.3) is 0 Å². The van der Waals surface area contributed by atoms with Crippen molar-refractivity contribution in [3.05, 3.63) is 0 Å². The zero-order valence-corrected chi connectivity index (χ0v) is 12.4. The van der Waals surface area contributed by atoms with Crippen LogP contribution in [0.15, 0.2) is 0 Å². The maximum Gasteiger partial charge on any atom is 0.308 e. The molecule has 3 aliphatic rings. The van der Waals surface area contributed by atoms with Gasteiger partial charge in [0.05, 0.1) is 12.0 Å². The van der Waals surface area contributed by atoms with Gasteiger partial charge in [-0.15, -0.1) is 0 Å². The molecule has 3 fully saturated rings. The Bertz CT molecular complexity index is 405. The molecule has 0 radical (unpaired) electrons. The number of carbonyl (C=O) groups is 2. The predicted octanol–water partition coefficient (Wildman–Crippen LogP) is 1.95. The molecule has 1 amide bonds. The summed E-state index contributed by atoms with van der Waals surface area (Å²) in [5, 5.41) is 12.4. The first-order chi connectivity index (χ1) is 10.1. The second kappa shape index (κ2) is 6.34. The van der Waals surface area contributed by atoms with E-state index in [2.05, 4.69) is 5.32 Å². The Labute approximate surface area is 125 Å². The van der Waals surface area contributed by atoms with Crippen LogP contribution in [0.2, 0.25) is 0 Å². The lowest BCUT2D eigenvalue weighted by Crippen LogP contribution is -2.46. The molecule has 2 bridgehead atoms. The number of aliphatic carboxylic acids is 1. The Morgan fingerprint density at radius 1 is 1.14 bits per heavy atom. The van der Waals surface area contributed by atoms with Crippen LogP contribution in [0.5, 0.6) is 0 Å². The summed E-state index contributed by atoms with van der Waals surface area (Å²) in [6.07, 6.45) is 7.78. The number of hydrogen-bond acceptors (Lipinski definition) is 3. The summed E-state index contributed by atoms with van der Waals surface area (Å²) >= 11 is 0. The van der Waals surface area contributed by atoms with Gasteiger partial charge in [-0.25, -0.2) is 0 Å². The Balaban J connectivity index is 1.48. The van der Waals surface area contributed by atoms with Crippen molar-refractivity contribution < 1.29 is 19.4 Å². The lowest BCUT2D eigenvalue weighted by molar-refractivity contribution is -0.144. The smallest absolute Gasteiger partial charge is 0.308 e. The number of carboxylic acid groups (broad SMARTS) is 1. The number of nitrogens with one attached hydrogen (secondary N) is 1. The predicted molar refractivity (Wildman–Crippen MR) is 76.7 cm³/mol. The molecule has 5 heteroatoms. The van der Waals surface area contributed by atoms with Gasteiger partial charge in [-0.05, 0) is 56.8 Å². The summed E-state index contributed by atoms with van der Waals surface area (Å²) in [7, 11) is 0. The van der Waals surface area contributed by atoms with Gasteiger partial charge in [0.25, 0.3) is 0 Å². The third-order valence-electron chi connectivity index (χ3n) is 5.50. The SMILES string of the molecule is O=C(CCC1CCCCO1)NC1C2CCC(C2)C1C(=O)O. The molecule has 3 rings (SSSR count). The maximum absolute atomic E-state index is 12.1. The lowest BCUT2D eigenvalue weighted by atomic mass is 9.84. The van der Waals surface area contributed by atoms with E-state index >= 15 is 0 Å². The van der Waals surface area contributed by atoms with E-state index in [1.807, 2.05) is 0 Å². The Kier molecular flexibility index (Phi) is 4.48. The van der Waals surface area contributed by atoms with Crippen molar-refractivity contribution in [2.75, 3.05) is 6.61 Å². The molecule has 2 N–H and O–H groups in total. The van der Waals surface area contributed by atoms with E-state index < -0.39 is 5.97 Å². The Hall–Kier alpha value is -1.10. The minimum atomic E-state index is -0.747. The van der Waals surface area contributed by atoms with Gasteiger partial charge in [0.2, 0.25) is 5.91 Å². The van der Waals surface area contributed by atoms with E-state index in [-0.39, 0.29) is 29.9 Å². The van der Waals surface area contributed by atoms with Gasteiger partial charge in [-0.1, -0.05) is 0 Å². The van der Waals surface area contributed by atoms with Crippen molar-refractivity contribution in [3.8, 4) is 0 Å². The third kappa shape index (κ3) is 3.23. The minimum absolute atomic E-state index is 0.00651. The van der Waals surface area contributed by atoms with Crippen molar-refractivity contribution in [1.29, 1.82) is 0 Å². The number of fused-ring (bicyclic) bond motifs is 2. The maximum atomic E-state index is 12.1. The Morgan fingerprint density at radius 3 is 2.67 bits per heavy atom. The number of hydrogen-bond donors (Lipinski definition) is 2. The second-order valence-electron chi connectivity index (χ2n) is 6.82. The minimum Gasteiger partial charge on any atom is -0.481 e. The third-order valence-corrected chi connectivity index (χ3v) is 5.50. The quantitative estimate of drug-likeness (QED) is 0.813. The fourth-order valence-corrected chi connectivity index (χ4v) is 4.44. The number of amides is 1. The van der Waals surface area contributed by atoms with E-state index in [4.69, 9.17) is 4.74 Å². The molecule has 0 aromatic heterocycles. The van der Waals surface area contributed by atoms with Crippen LogP contribution in [0.4, 0.5) is 0 Å². The molecule has 118 valence electrons. The molecule has 0 spiro atoms. The molecule has 1 heterocycles. The van der Waals surface area contributed by atoms with Crippen LogP contribution in [0.3, 0.4) is 0 Å². The first kappa shape index (κ1) is 14.8. The molecule has 1 aliphatic heterocycles. The monoisotopic (exact) mass is 295 g/mol. The summed E-state index contributed by atoms with van der Waals surface area (Å²) in [6.45, 7) is 0.805. The topological polar surface area (TPSA) is 75.6 Å². The van der Waals surface area contributed by atoms with Crippen molar-refractivity contribution in [2.24, 2.45) is 17.8 Å². The van der Waals surface area contributed by atoms with Gasteiger partial charge in [0.1, 0.15) is 0 Å². The van der Waals surface area contributed by atoms with Crippen LogP contribution < -0.4 is 5.32 Å². The van der Waals surface area contributed by atoms with Gasteiger partial charge in [-0.2, -0.15) is 0 Å². The fraction of sp³-hybridized carbons (Fsp3) is 0.875. The molecule has 2 saturated carbocycles. The van der Waals surface area contributed by atoms with E-state index in [1.165, 1.54) is 6.42 Å². The average Bonchev–Trinajstić information content (AvgIpc) is 3.07. The van der Waals surface area contributed by atoms with E-state index in [1.54, 1.807) is 0 Å². The van der Waals surface area contributed by atoms with Gasteiger partial charge >= 0.3 is 5.97 Å². The fourth-order valence-electron chi connectivity index (χ4n) is 4.44. The number of carbonyl (C=O) groups excluding carboxylic acids is 1. The second-order valence-corrected chi connectivity index (χ2v) is 6.82. The summed E-state index contributed by atoms with van der Waals surface area (Å²) in [5.74, 6) is -0.500. The molecular weight excluding hydrogens is 270 g/mol. The first-order valence-electron chi connectivity index (χ1n) is 8.29. The summed E-state index contributed by atoms with van der Waals surface area (Å²) in [4.78, 5) is 23.5. The van der Waals surface area contributed by atoms with Gasteiger partial charge in [0.15, 0.2) is 0 Å². The van der Waals surface area contributed by atoms with E-state index in [0.717, 1.165) is 45.1 Å². The summed E-state index contributed by atoms with van der Waals surface area (Å²) in [5.41, 5.74) is 0. The van der Waals surface area contributed by atoms with Crippen molar-refractivity contribution in [2.45, 2.75) is 63.5 Å². The molecule has 21 heavy (non-hydrogen) atoms. The van der Waals surface area contributed by atoms with Crippen molar-refractivity contribution >= 4 is 11.9 Å². The molecule has 0 aromatic rings. The molecule has 5 atom stereocenters. The van der Waals surface area contributed by atoms with Crippen LogP contribution in [-0.2, 0) is 14.3 Å².